The van der Waals surface area contributed by atoms with Crippen molar-refractivity contribution in [3.63, 3.8) is 0 Å². The molecule has 0 unspecified atom stereocenters. The van der Waals surface area contributed by atoms with E-state index in [1.807, 2.05) is 25.1 Å². The number of ether oxygens (including phenoxy) is 1. The number of amides is 1. The van der Waals surface area contributed by atoms with E-state index in [1.54, 1.807) is 12.1 Å². The van der Waals surface area contributed by atoms with Crippen molar-refractivity contribution in [2.24, 2.45) is 0 Å². The highest BCUT2D eigenvalue weighted by atomic mass is 16.5. The first-order valence-electron chi connectivity index (χ1n) is 5.37. The summed E-state index contributed by atoms with van der Waals surface area (Å²) in [5.41, 5.74) is 1.98. The van der Waals surface area contributed by atoms with Gasteiger partial charge < -0.3 is 10.1 Å². The van der Waals surface area contributed by atoms with Gasteiger partial charge in [-0.05, 0) is 19.1 Å². The minimum atomic E-state index is -0.931. The predicted octanol–water partition coefficient (Wildman–Crippen LogP) is 1.65. The van der Waals surface area contributed by atoms with Crippen LogP contribution in [0.5, 0.6) is 0 Å². The van der Waals surface area contributed by atoms with E-state index in [-0.39, 0.29) is 0 Å². The molecular weight excluding hydrogens is 232 g/mol. The van der Waals surface area contributed by atoms with E-state index in [2.05, 4.69) is 15.0 Å². The Morgan fingerprint density at radius 1 is 1.22 bits per heavy atom. The van der Waals surface area contributed by atoms with Crippen LogP contribution in [0.2, 0.25) is 0 Å². The molecule has 0 aliphatic carbocycles. The number of pyridine rings is 1. The number of benzene rings is 1. The van der Waals surface area contributed by atoms with Gasteiger partial charge in [-0.15, -0.1) is 0 Å². The van der Waals surface area contributed by atoms with Gasteiger partial charge in [0, 0.05) is 11.1 Å². The monoisotopic (exact) mass is 244 g/mol. The van der Waals surface area contributed by atoms with Crippen LogP contribution in [0, 0.1) is 6.92 Å². The third-order valence-corrected chi connectivity index (χ3v) is 2.48. The van der Waals surface area contributed by atoms with E-state index >= 15 is 0 Å². The number of carbonyl (C=O) groups excluding carboxylic acids is 2. The van der Waals surface area contributed by atoms with E-state index in [4.69, 9.17) is 0 Å². The summed E-state index contributed by atoms with van der Waals surface area (Å²) >= 11 is 0. The van der Waals surface area contributed by atoms with Crippen LogP contribution < -0.4 is 5.32 Å². The molecule has 1 heterocycles. The third-order valence-electron chi connectivity index (χ3n) is 2.48. The number of rotatable bonds is 1. The maximum absolute atomic E-state index is 11.5. The van der Waals surface area contributed by atoms with E-state index < -0.39 is 11.9 Å². The zero-order valence-electron chi connectivity index (χ0n) is 10.1. The van der Waals surface area contributed by atoms with Crippen LogP contribution >= 0.6 is 0 Å². The van der Waals surface area contributed by atoms with Crippen LogP contribution in [0.25, 0.3) is 10.9 Å². The van der Waals surface area contributed by atoms with Crippen molar-refractivity contribution in [3.8, 4) is 0 Å². The summed E-state index contributed by atoms with van der Waals surface area (Å²) in [4.78, 5) is 26.9. The molecule has 0 bridgehead atoms. The molecule has 2 aromatic rings. The minimum Gasteiger partial charge on any atom is -0.462 e. The van der Waals surface area contributed by atoms with Crippen LogP contribution in [-0.4, -0.2) is 24.0 Å². The number of nitrogens with zero attached hydrogens (tertiary/aromatic N) is 1. The number of anilines is 1. The zero-order valence-corrected chi connectivity index (χ0v) is 10.1. The summed E-state index contributed by atoms with van der Waals surface area (Å²) in [7, 11) is 1.16. The molecule has 0 fully saturated rings. The number of methoxy groups -OCH3 is 1. The van der Waals surface area contributed by atoms with E-state index in [0.717, 1.165) is 18.2 Å². The third kappa shape index (κ3) is 2.29. The van der Waals surface area contributed by atoms with Gasteiger partial charge in [-0.3, -0.25) is 9.78 Å². The van der Waals surface area contributed by atoms with Crippen LogP contribution in [0.15, 0.2) is 30.3 Å². The number of hydrogen-bond acceptors (Lipinski definition) is 4. The lowest BCUT2D eigenvalue weighted by Gasteiger charge is -2.07. The molecule has 0 spiro atoms. The molecule has 5 nitrogen and oxygen atoms in total. The number of aromatic nitrogens is 1. The first-order chi connectivity index (χ1) is 8.61. The number of esters is 1. The lowest BCUT2D eigenvalue weighted by atomic mass is 10.1. The summed E-state index contributed by atoms with van der Waals surface area (Å²) in [6.45, 7) is 1.86. The maximum Gasteiger partial charge on any atom is 0.396 e. The molecule has 0 aliphatic rings. The Balaban J connectivity index is 2.42. The Bertz CT molecular complexity index is 623. The quantitative estimate of drug-likeness (QED) is 0.611. The summed E-state index contributed by atoms with van der Waals surface area (Å²) < 4.78 is 4.35. The van der Waals surface area contributed by atoms with Crippen LogP contribution in [0.1, 0.15) is 5.69 Å². The summed E-state index contributed by atoms with van der Waals surface area (Å²) in [5.74, 6) is -1.74. The molecule has 1 aromatic carbocycles. The van der Waals surface area contributed by atoms with E-state index in [9.17, 15) is 9.59 Å². The Hall–Kier alpha value is -2.43. The standard InChI is InChI=1S/C13H12N2O3/c1-8-6-7-9-4-3-5-10(11(9)14-8)15-12(16)13(17)18-2/h3-7H,1-2H3,(H,15,16). The van der Waals surface area contributed by atoms with Crippen LogP contribution in [-0.2, 0) is 14.3 Å². The Kier molecular flexibility index (Phi) is 3.23. The molecule has 0 radical (unpaired) electrons. The second-order valence-electron chi connectivity index (χ2n) is 3.78. The number of para-hydroxylation sites is 1. The molecule has 0 atom stereocenters. The van der Waals surface area contributed by atoms with E-state index in [1.165, 1.54) is 0 Å². The fourth-order valence-electron chi connectivity index (χ4n) is 1.61. The fourth-order valence-corrected chi connectivity index (χ4v) is 1.61. The van der Waals surface area contributed by atoms with Crippen molar-refractivity contribution in [3.05, 3.63) is 36.0 Å². The second kappa shape index (κ2) is 4.83. The van der Waals surface area contributed by atoms with Gasteiger partial charge in [0.1, 0.15) is 0 Å². The van der Waals surface area contributed by atoms with Crippen molar-refractivity contribution >= 4 is 28.5 Å². The maximum atomic E-state index is 11.5. The highest BCUT2D eigenvalue weighted by molar-refractivity contribution is 6.37. The average molecular weight is 244 g/mol. The highest BCUT2D eigenvalue weighted by Gasteiger charge is 2.15. The predicted molar refractivity (Wildman–Crippen MR) is 67.1 cm³/mol. The fraction of sp³-hybridized carbons (Fsp3) is 0.154. The number of hydrogen-bond donors (Lipinski definition) is 1. The van der Waals surface area contributed by atoms with Gasteiger partial charge >= 0.3 is 11.9 Å². The van der Waals surface area contributed by atoms with Crippen molar-refractivity contribution in [1.29, 1.82) is 0 Å². The Morgan fingerprint density at radius 3 is 2.72 bits per heavy atom. The number of aryl methyl sites for hydroxylation is 1. The van der Waals surface area contributed by atoms with Crippen LogP contribution in [0.4, 0.5) is 5.69 Å². The molecule has 18 heavy (non-hydrogen) atoms. The summed E-state index contributed by atoms with van der Waals surface area (Å²) in [6, 6.07) is 9.15. The lowest BCUT2D eigenvalue weighted by Crippen LogP contribution is -2.24. The molecule has 0 aliphatic heterocycles. The number of nitrogens with one attached hydrogen (secondary N) is 1. The van der Waals surface area contributed by atoms with Gasteiger partial charge in [0.25, 0.3) is 0 Å². The first-order valence-corrected chi connectivity index (χ1v) is 5.37. The summed E-state index contributed by atoms with van der Waals surface area (Å²) in [5, 5.41) is 3.38. The molecule has 92 valence electrons. The second-order valence-corrected chi connectivity index (χ2v) is 3.78. The average Bonchev–Trinajstić information content (AvgIpc) is 2.38. The zero-order chi connectivity index (χ0) is 13.1. The molecule has 0 saturated heterocycles. The normalized spacial score (nSPS) is 10.1. The van der Waals surface area contributed by atoms with E-state index in [0.29, 0.717) is 11.2 Å². The molecule has 1 N–H and O–H groups in total. The van der Waals surface area contributed by atoms with Gasteiger partial charge in [0.15, 0.2) is 0 Å². The van der Waals surface area contributed by atoms with Crippen LogP contribution in [0.3, 0.4) is 0 Å². The van der Waals surface area contributed by atoms with Crippen molar-refractivity contribution < 1.29 is 14.3 Å². The van der Waals surface area contributed by atoms with Gasteiger partial charge in [0.2, 0.25) is 0 Å². The lowest BCUT2D eigenvalue weighted by molar-refractivity contribution is -0.150. The largest absolute Gasteiger partial charge is 0.462 e. The summed E-state index contributed by atoms with van der Waals surface area (Å²) in [6.07, 6.45) is 0. The molecular formula is C13H12N2O3. The van der Waals surface area contributed by atoms with Crippen molar-refractivity contribution in [2.45, 2.75) is 6.92 Å². The Labute approximate surface area is 104 Å². The van der Waals surface area contributed by atoms with Gasteiger partial charge in [-0.25, -0.2) is 4.79 Å². The molecule has 5 heteroatoms. The topological polar surface area (TPSA) is 68.3 Å². The van der Waals surface area contributed by atoms with Gasteiger partial charge in [0.05, 0.1) is 18.3 Å². The van der Waals surface area contributed by atoms with Gasteiger partial charge in [-0.2, -0.15) is 0 Å². The van der Waals surface area contributed by atoms with Gasteiger partial charge in [-0.1, -0.05) is 18.2 Å². The number of carbonyl (C=O) groups is 2. The SMILES string of the molecule is COC(=O)C(=O)Nc1cccc2ccc(C)nc12. The smallest absolute Gasteiger partial charge is 0.396 e. The highest BCUT2D eigenvalue weighted by Crippen LogP contribution is 2.21. The molecule has 1 amide bonds. The minimum absolute atomic E-state index is 0.492. The van der Waals surface area contributed by atoms with Crippen molar-refractivity contribution in [1.82, 2.24) is 4.98 Å². The molecule has 1 aromatic heterocycles. The number of fused-ring (bicyclic) bond motifs is 1. The molecule has 2 rings (SSSR count). The first kappa shape index (κ1) is 12.0. The van der Waals surface area contributed by atoms with Crippen molar-refractivity contribution in [2.75, 3.05) is 12.4 Å². The molecule has 0 saturated carbocycles. The Morgan fingerprint density at radius 2 is 2.00 bits per heavy atom.